The molecular formula is C12H10IN3O. The molecule has 0 aliphatic carbocycles. The highest BCUT2D eigenvalue weighted by Gasteiger charge is 2.09. The SMILES string of the molecule is Nc1ccc(NC(=O)c2ccccc2I)cn1. The second-order valence-corrected chi connectivity index (χ2v) is 4.57. The van der Waals surface area contributed by atoms with Gasteiger partial charge in [-0.3, -0.25) is 4.79 Å². The first-order valence-electron chi connectivity index (χ1n) is 4.94. The van der Waals surface area contributed by atoms with Crippen LogP contribution in [0.3, 0.4) is 0 Å². The highest BCUT2D eigenvalue weighted by molar-refractivity contribution is 14.1. The molecule has 0 bridgehead atoms. The Morgan fingerprint density at radius 1 is 1.24 bits per heavy atom. The number of carbonyl (C=O) groups excluding carboxylic acids is 1. The van der Waals surface area contributed by atoms with Crippen molar-refractivity contribution in [1.29, 1.82) is 0 Å². The van der Waals surface area contributed by atoms with Crippen LogP contribution >= 0.6 is 22.6 Å². The van der Waals surface area contributed by atoms with Crippen molar-refractivity contribution in [3.63, 3.8) is 0 Å². The van der Waals surface area contributed by atoms with Gasteiger partial charge in [-0.15, -0.1) is 0 Å². The third-order valence-electron chi connectivity index (χ3n) is 2.16. The molecule has 0 spiro atoms. The predicted octanol–water partition coefficient (Wildman–Crippen LogP) is 2.52. The van der Waals surface area contributed by atoms with Crippen LogP contribution < -0.4 is 11.1 Å². The minimum Gasteiger partial charge on any atom is -0.384 e. The van der Waals surface area contributed by atoms with Gasteiger partial charge in [-0.25, -0.2) is 4.98 Å². The van der Waals surface area contributed by atoms with E-state index < -0.39 is 0 Å². The molecule has 0 saturated carbocycles. The molecule has 0 atom stereocenters. The molecule has 0 aliphatic heterocycles. The largest absolute Gasteiger partial charge is 0.384 e. The molecule has 2 aromatic rings. The molecule has 1 aromatic heterocycles. The van der Waals surface area contributed by atoms with E-state index in [1.165, 1.54) is 6.20 Å². The van der Waals surface area contributed by atoms with E-state index >= 15 is 0 Å². The molecule has 1 heterocycles. The Kier molecular flexibility index (Phi) is 3.58. The lowest BCUT2D eigenvalue weighted by atomic mass is 10.2. The molecule has 0 radical (unpaired) electrons. The van der Waals surface area contributed by atoms with E-state index in [-0.39, 0.29) is 5.91 Å². The zero-order valence-corrected chi connectivity index (χ0v) is 11.0. The molecule has 5 heteroatoms. The average Bonchev–Trinajstić information content (AvgIpc) is 2.32. The maximum atomic E-state index is 11.9. The summed E-state index contributed by atoms with van der Waals surface area (Å²) in [6.45, 7) is 0. The predicted molar refractivity (Wildman–Crippen MR) is 75.8 cm³/mol. The topological polar surface area (TPSA) is 68.0 Å². The number of nitrogen functional groups attached to an aromatic ring is 1. The van der Waals surface area contributed by atoms with Crippen molar-refractivity contribution in [3.8, 4) is 0 Å². The summed E-state index contributed by atoms with van der Waals surface area (Å²) in [5.74, 6) is 0.277. The Bertz CT molecular complexity index is 540. The van der Waals surface area contributed by atoms with E-state index in [0.717, 1.165) is 3.57 Å². The minimum absolute atomic E-state index is 0.151. The number of nitrogens with zero attached hydrogens (tertiary/aromatic N) is 1. The number of anilines is 2. The van der Waals surface area contributed by atoms with Gasteiger partial charge in [0.15, 0.2) is 0 Å². The Balaban J connectivity index is 2.17. The molecule has 0 fully saturated rings. The molecule has 3 N–H and O–H groups in total. The third kappa shape index (κ3) is 2.94. The molecule has 2 rings (SSSR count). The van der Waals surface area contributed by atoms with Crippen LogP contribution in [-0.2, 0) is 0 Å². The van der Waals surface area contributed by atoms with Gasteiger partial charge in [-0.05, 0) is 46.9 Å². The summed E-state index contributed by atoms with van der Waals surface area (Å²) < 4.78 is 0.908. The van der Waals surface area contributed by atoms with Gasteiger partial charge in [0.1, 0.15) is 5.82 Å². The van der Waals surface area contributed by atoms with Crippen LogP contribution in [0.5, 0.6) is 0 Å². The maximum absolute atomic E-state index is 11.9. The number of rotatable bonds is 2. The maximum Gasteiger partial charge on any atom is 0.256 e. The standard InChI is InChI=1S/C12H10IN3O/c13-10-4-2-1-3-9(10)12(17)16-8-5-6-11(14)15-7-8/h1-7H,(H2,14,15)(H,16,17). The van der Waals surface area contributed by atoms with Gasteiger partial charge >= 0.3 is 0 Å². The molecule has 0 unspecified atom stereocenters. The Morgan fingerprint density at radius 2 is 2.00 bits per heavy atom. The number of hydrogen-bond donors (Lipinski definition) is 2. The second kappa shape index (κ2) is 5.13. The zero-order valence-electron chi connectivity index (χ0n) is 8.85. The Labute approximate surface area is 112 Å². The molecule has 17 heavy (non-hydrogen) atoms. The molecule has 1 aromatic carbocycles. The summed E-state index contributed by atoms with van der Waals surface area (Å²) in [4.78, 5) is 15.9. The lowest BCUT2D eigenvalue weighted by molar-refractivity contribution is 0.102. The summed E-state index contributed by atoms with van der Waals surface area (Å²) in [6, 6.07) is 10.8. The number of pyridine rings is 1. The number of carbonyl (C=O) groups is 1. The Hall–Kier alpha value is -1.63. The van der Waals surface area contributed by atoms with Crippen LogP contribution in [-0.4, -0.2) is 10.9 Å². The molecule has 86 valence electrons. The lowest BCUT2D eigenvalue weighted by Crippen LogP contribution is -2.13. The third-order valence-corrected chi connectivity index (χ3v) is 3.10. The molecule has 1 amide bonds. The summed E-state index contributed by atoms with van der Waals surface area (Å²) in [7, 11) is 0. The van der Waals surface area contributed by atoms with Crippen LogP contribution in [0.15, 0.2) is 42.6 Å². The first-order valence-corrected chi connectivity index (χ1v) is 6.02. The van der Waals surface area contributed by atoms with Gasteiger partial charge in [0.05, 0.1) is 17.4 Å². The van der Waals surface area contributed by atoms with Gasteiger partial charge in [0, 0.05) is 3.57 Å². The highest BCUT2D eigenvalue weighted by atomic mass is 127. The van der Waals surface area contributed by atoms with Gasteiger partial charge in [-0.2, -0.15) is 0 Å². The van der Waals surface area contributed by atoms with Crippen LogP contribution in [0.4, 0.5) is 11.5 Å². The van der Waals surface area contributed by atoms with E-state index in [2.05, 4.69) is 32.9 Å². The zero-order chi connectivity index (χ0) is 12.3. The number of hydrogen-bond acceptors (Lipinski definition) is 3. The highest BCUT2D eigenvalue weighted by Crippen LogP contribution is 2.14. The van der Waals surface area contributed by atoms with E-state index in [1.807, 2.05) is 18.2 Å². The van der Waals surface area contributed by atoms with Crippen LogP contribution in [0.1, 0.15) is 10.4 Å². The summed E-state index contributed by atoms with van der Waals surface area (Å²) in [5, 5.41) is 2.76. The van der Waals surface area contributed by atoms with Gasteiger partial charge < -0.3 is 11.1 Å². The summed E-state index contributed by atoms with van der Waals surface area (Å²) in [6.07, 6.45) is 1.53. The molecule has 0 aliphatic rings. The van der Waals surface area contributed by atoms with Gasteiger partial charge in [0.25, 0.3) is 5.91 Å². The van der Waals surface area contributed by atoms with Gasteiger partial charge in [0.2, 0.25) is 0 Å². The Morgan fingerprint density at radius 3 is 2.65 bits per heavy atom. The number of benzene rings is 1. The van der Waals surface area contributed by atoms with Crippen molar-refractivity contribution < 1.29 is 4.79 Å². The number of halogens is 1. The monoisotopic (exact) mass is 339 g/mol. The number of aromatic nitrogens is 1. The first kappa shape index (κ1) is 11.8. The fourth-order valence-corrected chi connectivity index (χ4v) is 1.96. The molecular weight excluding hydrogens is 329 g/mol. The van der Waals surface area contributed by atoms with Crippen molar-refractivity contribution in [1.82, 2.24) is 4.98 Å². The summed E-state index contributed by atoms with van der Waals surface area (Å²) in [5.41, 5.74) is 6.74. The average molecular weight is 339 g/mol. The number of nitrogens with two attached hydrogens (primary N) is 1. The second-order valence-electron chi connectivity index (χ2n) is 3.41. The van der Waals surface area contributed by atoms with Crippen LogP contribution in [0, 0.1) is 3.57 Å². The van der Waals surface area contributed by atoms with Crippen LogP contribution in [0.25, 0.3) is 0 Å². The van der Waals surface area contributed by atoms with Gasteiger partial charge in [-0.1, -0.05) is 12.1 Å². The van der Waals surface area contributed by atoms with Crippen LogP contribution in [0.2, 0.25) is 0 Å². The van der Waals surface area contributed by atoms with Crippen molar-refractivity contribution in [3.05, 3.63) is 51.7 Å². The fraction of sp³-hybridized carbons (Fsp3) is 0. The van der Waals surface area contributed by atoms with Crippen molar-refractivity contribution in [2.45, 2.75) is 0 Å². The molecule has 4 nitrogen and oxygen atoms in total. The summed E-state index contributed by atoms with van der Waals surface area (Å²) >= 11 is 2.13. The fourth-order valence-electron chi connectivity index (χ4n) is 1.32. The minimum atomic E-state index is -0.151. The van der Waals surface area contributed by atoms with E-state index in [0.29, 0.717) is 17.1 Å². The van der Waals surface area contributed by atoms with E-state index in [1.54, 1.807) is 18.2 Å². The van der Waals surface area contributed by atoms with Crippen molar-refractivity contribution in [2.75, 3.05) is 11.1 Å². The number of nitrogens with one attached hydrogen (secondary N) is 1. The quantitative estimate of drug-likeness (QED) is 0.827. The van der Waals surface area contributed by atoms with Crippen molar-refractivity contribution >= 4 is 40.0 Å². The number of amides is 1. The molecule has 0 saturated heterocycles. The normalized spacial score (nSPS) is 9.94. The van der Waals surface area contributed by atoms with E-state index in [9.17, 15) is 4.79 Å². The first-order chi connectivity index (χ1) is 8.16. The lowest BCUT2D eigenvalue weighted by Gasteiger charge is -2.06. The van der Waals surface area contributed by atoms with E-state index in [4.69, 9.17) is 5.73 Å². The van der Waals surface area contributed by atoms with Crippen molar-refractivity contribution in [2.24, 2.45) is 0 Å². The smallest absolute Gasteiger partial charge is 0.256 e.